The molecule has 4 atom stereocenters. The monoisotopic (exact) mass is 488 g/mol. The van der Waals surface area contributed by atoms with Crippen molar-refractivity contribution in [2.75, 3.05) is 20.3 Å². The van der Waals surface area contributed by atoms with Crippen molar-refractivity contribution in [3.05, 3.63) is 61.2 Å². The molecule has 1 aromatic rings. The van der Waals surface area contributed by atoms with Gasteiger partial charge in [-0.3, -0.25) is 14.4 Å². The summed E-state index contributed by atoms with van der Waals surface area (Å²) in [4.78, 5) is 38.1. The van der Waals surface area contributed by atoms with Gasteiger partial charge in [0.1, 0.15) is 6.10 Å². The van der Waals surface area contributed by atoms with Gasteiger partial charge in [-0.05, 0) is 38.2 Å². The molecule has 0 aromatic heterocycles. The Morgan fingerprint density at radius 2 is 1.80 bits per heavy atom. The van der Waals surface area contributed by atoms with Gasteiger partial charge >= 0.3 is 5.97 Å². The number of ether oxygens (including phenoxy) is 2. The summed E-state index contributed by atoms with van der Waals surface area (Å²) in [6.45, 7) is 8.96. The van der Waals surface area contributed by atoms with Crippen LogP contribution in [0.1, 0.15) is 57.1 Å². The Morgan fingerprint density at radius 1 is 1.09 bits per heavy atom. The zero-order valence-corrected chi connectivity index (χ0v) is 20.9. The van der Waals surface area contributed by atoms with Crippen molar-refractivity contribution < 1.29 is 29.0 Å². The quantitative estimate of drug-likeness (QED) is 0.166. The first-order valence-electron chi connectivity index (χ1n) is 12.0. The third-order valence-electron chi connectivity index (χ3n) is 5.40. The molecule has 3 N–H and O–H groups in total. The summed E-state index contributed by atoms with van der Waals surface area (Å²) in [6.07, 6.45) is 5.44. The number of hydrogen-bond acceptors (Lipinski definition) is 6. The smallest absolute Gasteiger partial charge is 0.306 e. The van der Waals surface area contributed by atoms with Gasteiger partial charge in [0.05, 0.1) is 25.2 Å². The average Bonchev–Trinajstić information content (AvgIpc) is 2.85. The predicted octanol–water partition coefficient (Wildman–Crippen LogP) is 3.23. The highest BCUT2D eigenvalue weighted by atomic mass is 16.5. The van der Waals surface area contributed by atoms with Gasteiger partial charge in [0.15, 0.2) is 0 Å². The van der Waals surface area contributed by atoms with Crippen LogP contribution in [-0.4, -0.2) is 55.3 Å². The molecular formula is C27H40N2O6. The summed E-state index contributed by atoms with van der Waals surface area (Å²) in [5.41, 5.74) is 0.726. The average molecular weight is 489 g/mol. The molecule has 1 aromatic carbocycles. The minimum absolute atomic E-state index is 0.0685. The lowest BCUT2D eigenvalue weighted by Crippen LogP contribution is -2.47. The number of carbonyl (C=O) groups excluding carboxylic acids is 3. The lowest BCUT2D eigenvalue weighted by molar-refractivity contribution is -0.153. The molecule has 0 heterocycles. The number of nitrogens with one attached hydrogen (secondary N) is 2. The molecule has 194 valence electrons. The number of methoxy groups -OCH3 is 1. The fraction of sp³-hybridized carbons (Fsp3) is 0.519. The maximum Gasteiger partial charge on any atom is 0.306 e. The molecule has 35 heavy (non-hydrogen) atoms. The zero-order valence-electron chi connectivity index (χ0n) is 20.9. The standard InChI is InChI=1S/C27H40N2O6/c1-5-7-8-12-16-25(32)35-26(21-14-10-9-11-15-21)23(19-34-4)29-27(33)22(13-6-2)17-24(31)28-20(3)18-30/h5-6,9-11,14-15,20,22-23,26,30H,1-2,7-8,12-13,16-19H2,3-4H3,(H,28,31)(H,29,33)/t20-,22+,23-,26-/m0/s1. The number of unbranched alkanes of at least 4 members (excludes halogenated alkanes) is 2. The highest BCUT2D eigenvalue weighted by Crippen LogP contribution is 2.24. The number of aliphatic hydroxyl groups is 1. The van der Waals surface area contributed by atoms with Crippen molar-refractivity contribution in [2.45, 2.75) is 63.6 Å². The fourth-order valence-corrected chi connectivity index (χ4v) is 3.56. The molecule has 8 nitrogen and oxygen atoms in total. The first-order chi connectivity index (χ1) is 16.9. The number of benzene rings is 1. The number of hydrogen-bond donors (Lipinski definition) is 3. The molecule has 2 amide bonds. The van der Waals surface area contributed by atoms with Gasteiger partial charge < -0.3 is 25.2 Å². The van der Waals surface area contributed by atoms with Crippen LogP contribution in [0, 0.1) is 5.92 Å². The van der Waals surface area contributed by atoms with Crippen molar-refractivity contribution in [3.63, 3.8) is 0 Å². The molecule has 0 aliphatic rings. The molecule has 0 bridgehead atoms. The Hall–Kier alpha value is -2.97. The Labute approximate surface area is 208 Å². The van der Waals surface area contributed by atoms with E-state index in [0.717, 1.165) is 18.4 Å². The van der Waals surface area contributed by atoms with E-state index in [0.29, 0.717) is 6.42 Å². The van der Waals surface area contributed by atoms with E-state index in [1.54, 1.807) is 13.0 Å². The topological polar surface area (TPSA) is 114 Å². The minimum Gasteiger partial charge on any atom is -0.455 e. The minimum atomic E-state index is -0.764. The maximum absolute atomic E-state index is 13.2. The van der Waals surface area contributed by atoms with Gasteiger partial charge in [0.25, 0.3) is 0 Å². The first kappa shape index (κ1) is 30.1. The molecule has 0 aliphatic heterocycles. The second-order valence-electron chi connectivity index (χ2n) is 8.50. The van der Waals surface area contributed by atoms with Crippen LogP contribution < -0.4 is 10.6 Å². The van der Waals surface area contributed by atoms with Gasteiger partial charge in [-0.1, -0.05) is 42.5 Å². The van der Waals surface area contributed by atoms with E-state index in [2.05, 4.69) is 23.8 Å². The van der Waals surface area contributed by atoms with Crippen molar-refractivity contribution in [1.29, 1.82) is 0 Å². The summed E-state index contributed by atoms with van der Waals surface area (Å²) in [5, 5.41) is 14.7. The van der Waals surface area contributed by atoms with Crippen LogP contribution in [0.4, 0.5) is 0 Å². The van der Waals surface area contributed by atoms with E-state index in [4.69, 9.17) is 14.6 Å². The van der Waals surface area contributed by atoms with Crippen LogP contribution >= 0.6 is 0 Å². The van der Waals surface area contributed by atoms with E-state index in [-0.39, 0.29) is 50.3 Å². The Kier molecular flexibility index (Phi) is 15.0. The number of aliphatic hydroxyl groups excluding tert-OH is 1. The number of carbonyl (C=O) groups is 3. The van der Waals surface area contributed by atoms with Crippen molar-refractivity contribution in [1.82, 2.24) is 10.6 Å². The number of rotatable bonds is 18. The number of esters is 1. The SMILES string of the molecule is C=CCCCCC(=O)O[C@@H](c1ccccc1)[C@H](COC)NC(=O)[C@H](CC=C)CC(=O)N[C@@H](C)CO. The fourth-order valence-electron chi connectivity index (χ4n) is 3.56. The summed E-state index contributed by atoms with van der Waals surface area (Å²) in [6, 6.07) is 8.10. The molecule has 0 aliphatic carbocycles. The van der Waals surface area contributed by atoms with Crippen molar-refractivity contribution in [2.24, 2.45) is 5.92 Å². The van der Waals surface area contributed by atoms with Crippen molar-refractivity contribution >= 4 is 17.8 Å². The molecule has 0 saturated carbocycles. The van der Waals surface area contributed by atoms with Crippen LogP contribution in [0.2, 0.25) is 0 Å². The zero-order chi connectivity index (χ0) is 26.1. The molecule has 0 fully saturated rings. The molecule has 0 saturated heterocycles. The highest BCUT2D eigenvalue weighted by molar-refractivity contribution is 5.86. The lowest BCUT2D eigenvalue weighted by atomic mass is 9.97. The molecule has 0 radical (unpaired) electrons. The lowest BCUT2D eigenvalue weighted by Gasteiger charge is -2.29. The van der Waals surface area contributed by atoms with Gasteiger partial charge in [0.2, 0.25) is 11.8 Å². The van der Waals surface area contributed by atoms with Crippen LogP contribution in [-0.2, 0) is 23.9 Å². The van der Waals surface area contributed by atoms with Gasteiger partial charge in [-0.25, -0.2) is 0 Å². The summed E-state index contributed by atoms with van der Waals surface area (Å²) in [7, 11) is 1.50. The third-order valence-corrected chi connectivity index (χ3v) is 5.40. The van der Waals surface area contributed by atoms with Gasteiger partial charge in [-0.15, -0.1) is 13.2 Å². The summed E-state index contributed by atoms with van der Waals surface area (Å²) >= 11 is 0. The predicted molar refractivity (Wildman–Crippen MR) is 135 cm³/mol. The van der Waals surface area contributed by atoms with E-state index in [9.17, 15) is 14.4 Å². The Bertz CT molecular complexity index is 798. The summed E-state index contributed by atoms with van der Waals surface area (Å²) in [5.74, 6) is -1.76. The van der Waals surface area contributed by atoms with E-state index >= 15 is 0 Å². The summed E-state index contributed by atoms with van der Waals surface area (Å²) < 4.78 is 11.2. The Balaban J connectivity index is 3.02. The highest BCUT2D eigenvalue weighted by Gasteiger charge is 2.31. The third kappa shape index (κ3) is 11.8. The number of allylic oxidation sites excluding steroid dienone is 2. The molecule has 0 spiro atoms. The van der Waals surface area contributed by atoms with Gasteiger partial charge in [0, 0.05) is 26.0 Å². The molecular weight excluding hydrogens is 448 g/mol. The van der Waals surface area contributed by atoms with Crippen LogP contribution in [0.15, 0.2) is 55.6 Å². The van der Waals surface area contributed by atoms with Gasteiger partial charge in [-0.2, -0.15) is 0 Å². The van der Waals surface area contributed by atoms with E-state index in [1.807, 2.05) is 36.4 Å². The second-order valence-corrected chi connectivity index (χ2v) is 8.50. The first-order valence-corrected chi connectivity index (χ1v) is 12.0. The molecule has 1 rings (SSSR count). The molecule has 8 heteroatoms. The molecule has 0 unspecified atom stereocenters. The number of amides is 2. The van der Waals surface area contributed by atoms with Crippen LogP contribution in [0.5, 0.6) is 0 Å². The largest absolute Gasteiger partial charge is 0.455 e. The Morgan fingerprint density at radius 3 is 2.40 bits per heavy atom. The second kappa shape index (κ2) is 17.5. The van der Waals surface area contributed by atoms with Crippen LogP contribution in [0.3, 0.4) is 0 Å². The van der Waals surface area contributed by atoms with E-state index in [1.165, 1.54) is 7.11 Å². The van der Waals surface area contributed by atoms with E-state index < -0.39 is 24.1 Å². The van der Waals surface area contributed by atoms with Crippen LogP contribution in [0.25, 0.3) is 0 Å². The maximum atomic E-state index is 13.2. The normalized spacial score (nSPS) is 14.1. The van der Waals surface area contributed by atoms with Crippen molar-refractivity contribution in [3.8, 4) is 0 Å².